The van der Waals surface area contributed by atoms with Crippen molar-refractivity contribution >= 4 is 24.3 Å². The number of nitrogens with two attached hydrogens (primary N) is 1. The Hall–Kier alpha value is -2.58. The summed E-state index contributed by atoms with van der Waals surface area (Å²) < 4.78 is 4.61. The van der Waals surface area contributed by atoms with Gasteiger partial charge in [0.2, 0.25) is 5.91 Å². The van der Waals surface area contributed by atoms with E-state index in [4.69, 9.17) is 5.73 Å². The number of nitrogens with one attached hydrogen (secondary N) is 3. The first-order valence-electron chi connectivity index (χ1n) is 5.33. The molecule has 9 heteroatoms. The number of carbonyl (C=O) groups excluding carboxylic acids is 4. The topological polar surface area (TPSA) is 140 Å². The molecule has 0 radical (unpaired) electrons. The zero-order valence-electron chi connectivity index (χ0n) is 10.2. The first kappa shape index (κ1) is 16.4. The van der Waals surface area contributed by atoms with E-state index in [9.17, 15) is 19.2 Å². The number of rotatable bonds is 7. The molecule has 0 rings (SSSR count). The van der Waals surface area contributed by atoms with E-state index in [2.05, 4.69) is 16.6 Å². The highest BCUT2D eigenvalue weighted by molar-refractivity contribution is 5.81. The summed E-state index contributed by atoms with van der Waals surface area (Å²) in [6.45, 7) is 3.37. The molecule has 0 saturated heterocycles. The van der Waals surface area contributed by atoms with Crippen LogP contribution in [0.4, 0.5) is 9.59 Å². The van der Waals surface area contributed by atoms with Crippen LogP contribution >= 0.6 is 0 Å². The van der Waals surface area contributed by atoms with Gasteiger partial charge in [0, 0.05) is 6.42 Å². The van der Waals surface area contributed by atoms with Crippen LogP contribution in [0.2, 0.25) is 0 Å². The Morgan fingerprint density at radius 3 is 2.53 bits per heavy atom. The minimum atomic E-state index is -0.911. The van der Waals surface area contributed by atoms with Crippen molar-refractivity contribution in [1.82, 2.24) is 16.2 Å². The highest BCUT2D eigenvalue weighted by Gasteiger charge is 2.13. The molecule has 106 valence electrons. The molecule has 0 aromatic heterocycles. The van der Waals surface area contributed by atoms with Crippen LogP contribution in [0, 0.1) is 0 Å². The van der Waals surface area contributed by atoms with E-state index in [0.29, 0.717) is 6.29 Å². The lowest BCUT2D eigenvalue weighted by atomic mass is 10.2. The van der Waals surface area contributed by atoms with Crippen LogP contribution in [-0.2, 0) is 14.3 Å². The molecule has 0 fully saturated rings. The number of amides is 4. The predicted molar refractivity (Wildman–Crippen MR) is 64.6 cm³/mol. The van der Waals surface area contributed by atoms with Crippen molar-refractivity contribution in [3.63, 3.8) is 0 Å². The summed E-state index contributed by atoms with van der Waals surface area (Å²) in [7, 11) is 0. The van der Waals surface area contributed by atoms with Crippen molar-refractivity contribution in [2.75, 3.05) is 6.61 Å². The highest BCUT2D eigenvalue weighted by Crippen LogP contribution is 1.95. The fourth-order valence-electron chi connectivity index (χ4n) is 0.982. The molecule has 9 nitrogen and oxygen atoms in total. The number of primary amides is 1. The SMILES string of the molecule is C=CCOC(=O)NC(C=O)CCC(=O)NNC(N)=O. The second-order valence-corrected chi connectivity index (χ2v) is 3.35. The van der Waals surface area contributed by atoms with Crippen molar-refractivity contribution in [3.05, 3.63) is 12.7 Å². The summed E-state index contributed by atoms with van der Waals surface area (Å²) in [6.07, 6.45) is 1.03. The minimum Gasteiger partial charge on any atom is -0.445 e. The lowest BCUT2D eigenvalue weighted by Gasteiger charge is -2.12. The van der Waals surface area contributed by atoms with E-state index < -0.39 is 24.1 Å². The van der Waals surface area contributed by atoms with E-state index in [-0.39, 0.29) is 19.4 Å². The Morgan fingerprint density at radius 1 is 1.32 bits per heavy atom. The maximum Gasteiger partial charge on any atom is 0.408 e. The van der Waals surface area contributed by atoms with Crippen LogP contribution in [-0.4, -0.2) is 37.0 Å². The maximum absolute atomic E-state index is 11.2. The third kappa shape index (κ3) is 9.15. The van der Waals surface area contributed by atoms with Gasteiger partial charge in [0.1, 0.15) is 12.9 Å². The minimum absolute atomic E-state index is 0.0143. The lowest BCUT2D eigenvalue weighted by molar-refractivity contribution is -0.122. The van der Waals surface area contributed by atoms with E-state index in [1.807, 2.05) is 10.9 Å². The van der Waals surface area contributed by atoms with E-state index in [1.165, 1.54) is 6.08 Å². The van der Waals surface area contributed by atoms with Crippen molar-refractivity contribution < 1.29 is 23.9 Å². The summed E-state index contributed by atoms with van der Waals surface area (Å²) in [6, 6.07) is -1.77. The fraction of sp³-hybridized carbons (Fsp3) is 0.400. The quantitative estimate of drug-likeness (QED) is 0.266. The third-order valence-corrected chi connectivity index (χ3v) is 1.81. The van der Waals surface area contributed by atoms with Gasteiger partial charge in [0.25, 0.3) is 0 Å². The van der Waals surface area contributed by atoms with E-state index in [0.717, 1.165) is 0 Å². The second-order valence-electron chi connectivity index (χ2n) is 3.35. The van der Waals surface area contributed by atoms with Gasteiger partial charge in [0.05, 0.1) is 6.04 Å². The summed E-state index contributed by atoms with van der Waals surface area (Å²) in [4.78, 5) is 43.3. The number of urea groups is 1. The Balaban J connectivity index is 3.95. The van der Waals surface area contributed by atoms with Gasteiger partial charge >= 0.3 is 12.1 Å². The summed E-state index contributed by atoms with van der Waals surface area (Å²) in [5.74, 6) is -0.549. The molecular weight excluding hydrogens is 256 g/mol. The molecule has 0 spiro atoms. The van der Waals surface area contributed by atoms with Gasteiger partial charge in [-0.1, -0.05) is 12.7 Å². The van der Waals surface area contributed by atoms with Crippen LogP contribution in [0.1, 0.15) is 12.8 Å². The van der Waals surface area contributed by atoms with Crippen molar-refractivity contribution in [2.45, 2.75) is 18.9 Å². The molecule has 1 unspecified atom stereocenters. The average Bonchev–Trinajstić information content (AvgIpc) is 2.38. The van der Waals surface area contributed by atoms with E-state index in [1.54, 1.807) is 0 Å². The van der Waals surface area contributed by atoms with Crippen molar-refractivity contribution in [3.8, 4) is 0 Å². The molecule has 0 aromatic rings. The molecule has 0 aliphatic rings. The second kappa shape index (κ2) is 9.45. The summed E-state index contributed by atoms with van der Waals surface area (Å²) in [5, 5.41) is 2.25. The first-order valence-corrected chi connectivity index (χ1v) is 5.33. The zero-order chi connectivity index (χ0) is 14.7. The molecule has 0 bridgehead atoms. The number of aldehydes is 1. The van der Waals surface area contributed by atoms with Crippen LogP contribution in [0.5, 0.6) is 0 Å². The Bertz CT molecular complexity index is 358. The average molecular weight is 272 g/mol. The lowest BCUT2D eigenvalue weighted by Crippen LogP contribution is -2.45. The van der Waals surface area contributed by atoms with Gasteiger partial charge in [-0.25, -0.2) is 15.0 Å². The van der Waals surface area contributed by atoms with Gasteiger partial charge in [0.15, 0.2) is 0 Å². The third-order valence-electron chi connectivity index (χ3n) is 1.81. The van der Waals surface area contributed by atoms with Crippen LogP contribution in [0.3, 0.4) is 0 Å². The van der Waals surface area contributed by atoms with Gasteiger partial charge in [-0.05, 0) is 6.42 Å². The Labute approximate surface area is 109 Å². The number of hydrogen-bond acceptors (Lipinski definition) is 5. The normalized spacial score (nSPS) is 10.7. The van der Waals surface area contributed by atoms with Crippen LogP contribution in [0.15, 0.2) is 12.7 Å². The Morgan fingerprint density at radius 2 is 2.00 bits per heavy atom. The van der Waals surface area contributed by atoms with Gasteiger partial charge in [-0.3, -0.25) is 10.2 Å². The molecule has 0 heterocycles. The van der Waals surface area contributed by atoms with Gasteiger partial charge < -0.3 is 20.6 Å². The molecule has 4 amide bonds. The summed E-state index contributed by atoms with van der Waals surface area (Å²) >= 11 is 0. The van der Waals surface area contributed by atoms with Gasteiger partial charge in [-0.2, -0.15) is 0 Å². The number of carbonyl (C=O) groups is 4. The number of ether oxygens (including phenoxy) is 1. The van der Waals surface area contributed by atoms with Crippen LogP contribution in [0.25, 0.3) is 0 Å². The van der Waals surface area contributed by atoms with Crippen LogP contribution < -0.4 is 21.9 Å². The summed E-state index contributed by atoms with van der Waals surface area (Å²) in [5.41, 5.74) is 8.63. The van der Waals surface area contributed by atoms with Crippen molar-refractivity contribution in [2.24, 2.45) is 5.73 Å². The standard InChI is InChI=1S/C10H16N4O5/c1-2-5-19-10(18)12-7(6-15)3-4-8(16)13-14-9(11)17/h2,6-7H,1,3-5H2,(H,12,18)(H,13,16)(H3,11,14,17). The molecule has 0 aromatic carbocycles. The molecule has 19 heavy (non-hydrogen) atoms. The molecule has 0 saturated carbocycles. The highest BCUT2D eigenvalue weighted by atomic mass is 16.5. The smallest absolute Gasteiger partial charge is 0.408 e. The number of hydrogen-bond donors (Lipinski definition) is 4. The zero-order valence-corrected chi connectivity index (χ0v) is 10.2. The molecule has 1 atom stereocenters. The Kier molecular flexibility index (Phi) is 8.17. The molecular formula is C10H16N4O5. The fourth-order valence-corrected chi connectivity index (χ4v) is 0.982. The largest absolute Gasteiger partial charge is 0.445 e. The molecule has 5 N–H and O–H groups in total. The van der Waals surface area contributed by atoms with E-state index >= 15 is 0 Å². The first-order chi connectivity index (χ1) is 8.99. The number of hydrazine groups is 1. The predicted octanol–water partition coefficient (Wildman–Crippen LogP) is -1.05. The van der Waals surface area contributed by atoms with Crippen molar-refractivity contribution in [1.29, 1.82) is 0 Å². The molecule has 0 aliphatic carbocycles. The molecule has 0 aliphatic heterocycles. The monoisotopic (exact) mass is 272 g/mol. The van der Waals surface area contributed by atoms with Gasteiger partial charge in [-0.15, -0.1) is 0 Å². The number of alkyl carbamates (subject to hydrolysis) is 1. The maximum atomic E-state index is 11.2.